The molecule has 6 aromatic rings. The molecule has 0 bridgehead atoms. The molecule has 0 unspecified atom stereocenters. The summed E-state index contributed by atoms with van der Waals surface area (Å²) in [6.45, 7) is 6.94. The highest BCUT2D eigenvalue weighted by Gasteiger charge is 2.58. The zero-order valence-corrected chi connectivity index (χ0v) is 39.9. The van der Waals surface area contributed by atoms with Crippen molar-refractivity contribution in [2.24, 2.45) is 17.8 Å². The summed E-state index contributed by atoms with van der Waals surface area (Å²) in [5.74, 6) is -2.21. The number of hydrogen-bond donors (Lipinski definition) is 3. The second-order valence-electron chi connectivity index (χ2n) is 18.4. The molecule has 2 saturated heterocycles. The van der Waals surface area contributed by atoms with Crippen molar-refractivity contribution in [3.63, 3.8) is 0 Å². The maximum absolute atomic E-state index is 14.9. The Morgan fingerprint density at radius 3 is 2.12 bits per heavy atom. The van der Waals surface area contributed by atoms with E-state index < -0.39 is 39.3 Å². The molecule has 3 heterocycles. The summed E-state index contributed by atoms with van der Waals surface area (Å²) in [5.41, 5.74) is 6.37. The number of allylic oxidation sites excluding steroid dienone is 1. The number of phenolic OH excluding ortho intramolecular Hbond substituents is 1. The maximum Gasteiger partial charge on any atom is 0.455 e. The van der Waals surface area contributed by atoms with Gasteiger partial charge in [-0.3, -0.25) is 19.5 Å². The Labute approximate surface area is 396 Å². The Bertz CT molecular complexity index is 2710. The van der Waals surface area contributed by atoms with Gasteiger partial charge in [-0.15, -0.1) is 0 Å². The Kier molecular flexibility index (Phi) is 13.1. The zero-order chi connectivity index (χ0) is 46.0. The summed E-state index contributed by atoms with van der Waals surface area (Å²) in [6, 6.07) is 49.2. The van der Waals surface area contributed by atoms with Gasteiger partial charge in [0.05, 0.1) is 35.9 Å². The fourth-order valence-corrected chi connectivity index (χ4v) is 15.4. The third kappa shape index (κ3) is 9.00. The van der Waals surface area contributed by atoms with Crippen molar-refractivity contribution in [2.45, 2.75) is 57.5 Å². The quantitative estimate of drug-likeness (QED) is 0.0595. The lowest BCUT2D eigenvalue weighted by molar-refractivity contribution is -0.122. The van der Waals surface area contributed by atoms with Gasteiger partial charge in [0, 0.05) is 27.6 Å². The molecule has 12 heteroatoms. The van der Waals surface area contributed by atoms with Gasteiger partial charge < -0.3 is 24.5 Å². The number of aromatic hydroxyl groups is 1. The van der Waals surface area contributed by atoms with Crippen LogP contribution < -0.4 is 20.6 Å². The highest BCUT2D eigenvalue weighted by molar-refractivity contribution is 9.10. The number of phenols is 1. The van der Waals surface area contributed by atoms with Crippen LogP contribution >= 0.6 is 15.9 Å². The first-order chi connectivity index (χ1) is 31.9. The lowest BCUT2D eigenvalue weighted by Crippen LogP contribution is -2.66. The summed E-state index contributed by atoms with van der Waals surface area (Å²) in [6.07, 6.45) is 4.45. The van der Waals surface area contributed by atoms with Crippen LogP contribution in [0, 0.1) is 17.8 Å². The van der Waals surface area contributed by atoms with Crippen molar-refractivity contribution < 1.29 is 28.8 Å². The van der Waals surface area contributed by atoms with Gasteiger partial charge >= 0.3 is 7.12 Å². The smallest absolute Gasteiger partial charge is 0.455 e. The molecule has 1 aromatic heterocycles. The number of pyridine rings is 1. The molecular weight excluding hydrogens is 905 g/mol. The maximum atomic E-state index is 14.9. The Balaban J connectivity index is 1.11. The molecule has 2 amide bonds. The number of nitrogens with zero attached hydrogens (tertiary/aromatic N) is 2. The molecule has 2 fully saturated rings. The minimum Gasteiger partial charge on any atom is -0.507 e. The molecule has 3 N–H and O–H groups in total. The monoisotopic (exact) mass is 957 g/mol. The van der Waals surface area contributed by atoms with E-state index in [0.29, 0.717) is 30.5 Å². The normalized spacial score (nSPS) is 20.0. The number of amides is 2. The number of anilines is 3. The van der Waals surface area contributed by atoms with Crippen LogP contribution in [0.5, 0.6) is 5.75 Å². The molecule has 9 nitrogen and oxygen atoms in total. The van der Waals surface area contributed by atoms with E-state index in [9.17, 15) is 19.7 Å². The number of aromatic nitrogens is 1. The minimum absolute atomic E-state index is 0.135. The summed E-state index contributed by atoms with van der Waals surface area (Å²) in [5, 5.41) is 27.9. The average Bonchev–Trinajstić information content (AvgIpc) is 3.58. The number of para-hydroxylation sites is 1. The van der Waals surface area contributed by atoms with Crippen LogP contribution in [0.3, 0.4) is 0 Å². The number of fused-ring (bicyclic) bond motifs is 3. The van der Waals surface area contributed by atoms with Gasteiger partial charge in [-0.05, 0) is 136 Å². The van der Waals surface area contributed by atoms with Crippen LogP contribution in [0.15, 0.2) is 173 Å². The predicted molar refractivity (Wildman–Crippen MR) is 269 cm³/mol. The average molecular weight is 959 g/mol. The van der Waals surface area contributed by atoms with Crippen molar-refractivity contribution in [1.82, 2.24) is 4.98 Å². The van der Waals surface area contributed by atoms with Gasteiger partial charge in [-0.2, -0.15) is 0 Å². The molecule has 4 atom stereocenters. The summed E-state index contributed by atoms with van der Waals surface area (Å²) in [4.78, 5) is 35.8. The fourth-order valence-electron chi connectivity index (χ4n) is 10.4. The van der Waals surface area contributed by atoms with Gasteiger partial charge in [-0.25, -0.2) is 0 Å². The molecule has 2 aliphatic heterocycles. The van der Waals surface area contributed by atoms with Crippen LogP contribution in [0.25, 0.3) is 11.6 Å². The van der Waals surface area contributed by atoms with Crippen molar-refractivity contribution in [3.8, 4) is 5.75 Å². The highest BCUT2D eigenvalue weighted by atomic mass is 79.9. The Hall–Kier alpha value is -5.89. The largest absolute Gasteiger partial charge is 0.507 e. The van der Waals surface area contributed by atoms with E-state index in [1.807, 2.05) is 97.1 Å². The Morgan fingerprint density at radius 1 is 0.848 bits per heavy atom. The highest BCUT2D eigenvalue weighted by Crippen LogP contribution is 2.52. The number of benzene rings is 5. The van der Waals surface area contributed by atoms with Crippen molar-refractivity contribution in [1.29, 1.82) is 0 Å². The first-order valence-electron chi connectivity index (χ1n) is 22.6. The third-order valence-corrected chi connectivity index (χ3v) is 18.8. The number of rotatable bonds is 13. The molecule has 0 saturated carbocycles. The van der Waals surface area contributed by atoms with E-state index in [1.54, 1.807) is 18.3 Å². The zero-order valence-electron chi connectivity index (χ0n) is 37.3. The van der Waals surface area contributed by atoms with E-state index in [-0.39, 0.29) is 35.5 Å². The van der Waals surface area contributed by atoms with Gasteiger partial charge in [0.15, 0.2) is 0 Å². The number of halogens is 1. The molecule has 1 aliphatic carbocycles. The second-order valence-corrected chi connectivity index (χ2v) is 23.7. The molecular formula is C54H53BBrN3O6Si. The van der Waals surface area contributed by atoms with Gasteiger partial charge in [0.1, 0.15) is 5.75 Å². The van der Waals surface area contributed by atoms with Crippen LogP contribution in [-0.4, -0.2) is 55.1 Å². The summed E-state index contributed by atoms with van der Waals surface area (Å²) < 4.78 is 15.0. The lowest BCUT2D eigenvalue weighted by Gasteiger charge is -2.46. The van der Waals surface area contributed by atoms with Gasteiger partial charge in [-0.1, -0.05) is 122 Å². The summed E-state index contributed by atoms with van der Waals surface area (Å²) >= 11 is 3.55. The number of nitrogens with one attached hydrogen (secondary N) is 1. The number of carbonyl (C=O) groups is 2. The molecule has 0 radical (unpaired) electrons. The van der Waals surface area contributed by atoms with Crippen LogP contribution in [0.2, 0.25) is 11.4 Å². The van der Waals surface area contributed by atoms with Gasteiger partial charge in [0.2, 0.25) is 11.8 Å². The number of imide groups is 1. The SMILES string of the molecule is CC(C)(C)[Si](OCC1=C2[C@@H](CC/C(=C/c3cc(Br)ccc3O)c3ccccn3)OB(O)C[C@@H]2[C@@H]2C(=O)N(c3ccc(Nc4ccccc4)cc3)C(=O)[C@@H]2C1)(c1ccccc1)c1ccccc1. The summed E-state index contributed by atoms with van der Waals surface area (Å²) in [7, 11) is -4.23. The Morgan fingerprint density at radius 2 is 1.48 bits per heavy atom. The number of carbonyl (C=O) groups excluding carboxylic acids is 2. The van der Waals surface area contributed by atoms with E-state index >= 15 is 0 Å². The molecule has 0 spiro atoms. The van der Waals surface area contributed by atoms with E-state index in [0.717, 1.165) is 48.6 Å². The first-order valence-corrected chi connectivity index (χ1v) is 25.3. The third-order valence-electron chi connectivity index (χ3n) is 13.4. The molecule has 334 valence electrons. The van der Waals surface area contributed by atoms with Crippen molar-refractivity contribution in [3.05, 3.63) is 185 Å². The molecule has 66 heavy (non-hydrogen) atoms. The lowest BCUT2D eigenvalue weighted by atomic mass is 9.58. The van der Waals surface area contributed by atoms with Crippen LogP contribution in [-0.2, 0) is 18.7 Å². The van der Waals surface area contributed by atoms with Crippen LogP contribution in [0.1, 0.15) is 51.3 Å². The van der Waals surface area contributed by atoms with Crippen molar-refractivity contribution >= 4 is 82.3 Å². The van der Waals surface area contributed by atoms with E-state index in [2.05, 4.69) is 90.5 Å². The standard InChI is InChI=1S/C54H53BBrN3O6Si/c1-54(2,3)66(43-17-9-5-10-18-43,44-19-11-6-12-20-44)64-35-38-33-45-51(53(62)59(52(45)61)42-26-24-41(25-27-42)58-40-15-7-4-8-16-40)46-34-55(63)65-49(50(38)46)29-22-36(47-21-13-14-30-57-47)31-37-32-39(56)23-28-48(37)60/h4-21,23-28,30-32,45-46,49,51,58,60,63H,22,29,33-35H2,1-3H3/b36-31-/t45-,46+,49-,51-/m1/s1. The minimum atomic E-state index is -3.06. The second kappa shape index (κ2) is 19.1. The molecule has 9 rings (SSSR count). The molecule has 5 aromatic carbocycles. The first kappa shape index (κ1) is 45.3. The molecule has 3 aliphatic rings. The number of hydrogen-bond acceptors (Lipinski definition) is 8. The predicted octanol–water partition coefficient (Wildman–Crippen LogP) is 10.2. The van der Waals surface area contributed by atoms with Crippen LogP contribution in [0.4, 0.5) is 17.1 Å². The fraction of sp³-hybridized carbons (Fsp3) is 0.241. The van der Waals surface area contributed by atoms with E-state index in [4.69, 9.17) is 14.1 Å². The van der Waals surface area contributed by atoms with Gasteiger partial charge in [0.25, 0.3) is 8.32 Å². The van der Waals surface area contributed by atoms with Crippen molar-refractivity contribution in [2.75, 3.05) is 16.8 Å². The topological polar surface area (TPSA) is 121 Å². The van der Waals surface area contributed by atoms with E-state index in [1.165, 1.54) is 4.90 Å².